The Labute approximate surface area is 202 Å². The van der Waals surface area contributed by atoms with Crippen molar-refractivity contribution < 1.29 is 22.5 Å². The van der Waals surface area contributed by atoms with Gasteiger partial charge in [-0.05, 0) is 67.9 Å². The largest absolute Gasteiger partial charge is 0.368 e. The number of carbonyl (C=O) groups excluding carboxylic acids is 1. The van der Waals surface area contributed by atoms with Crippen LogP contribution in [0, 0.1) is 22.9 Å². The van der Waals surface area contributed by atoms with E-state index in [0.29, 0.717) is 19.6 Å². The van der Waals surface area contributed by atoms with Gasteiger partial charge >= 0.3 is 0 Å². The second-order valence-corrected chi connectivity index (χ2v) is 10.4. The molecule has 1 unspecified atom stereocenters. The van der Waals surface area contributed by atoms with Crippen molar-refractivity contribution in [1.82, 2.24) is 4.90 Å². The molecule has 0 spiro atoms. The number of nitro groups is 1. The standard InChI is InChI=1S/C25H24FN3O5S/c1-17-4-3-5-21(14-17)27-12-13-28(18(2)16-27)25(30)19-6-11-24(23(15-19)29(31)32)35(33,34)22-9-7-20(26)8-10-22/h3-11,14-15,18H,12-13,16H2,1-2H3. The van der Waals surface area contributed by atoms with Gasteiger partial charge in [-0.2, -0.15) is 0 Å². The Morgan fingerprint density at radius 2 is 1.77 bits per heavy atom. The lowest BCUT2D eigenvalue weighted by molar-refractivity contribution is -0.387. The number of halogens is 1. The van der Waals surface area contributed by atoms with Gasteiger partial charge in [0.05, 0.1) is 9.82 Å². The molecule has 8 nitrogen and oxygen atoms in total. The third-order valence-corrected chi connectivity index (χ3v) is 7.89. The van der Waals surface area contributed by atoms with E-state index >= 15 is 0 Å². The highest BCUT2D eigenvalue weighted by atomic mass is 32.2. The van der Waals surface area contributed by atoms with Crippen LogP contribution in [-0.4, -0.2) is 49.8 Å². The van der Waals surface area contributed by atoms with Crippen molar-refractivity contribution in [1.29, 1.82) is 0 Å². The molecule has 1 aliphatic rings. The SMILES string of the molecule is Cc1cccc(N2CCN(C(=O)c3ccc(S(=O)(=O)c4ccc(F)cc4)c([N+](=O)[O-])c3)C(C)C2)c1. The number of hydrogen-bond donors (Lipinski definition) is 0. The van der Waals surface area contributed by atoms with E-state index in [1.54, 1.807) is 4.90 Å². The van der Waals surface area contributed by atoms with Gasteiger partial charge in [0.2, 0.25) is 9.84 Å². The second kappa shape index (κ2) is 9.46. The highest BCUT2D eigenvalue weighted by molar-refractivity contribution is 7.91. The summed E-state index contributed by atoms with van der Waals surface area (Å²) in [4.78, 5) is 27.2. The Morgan fingerprint density at radius 1 is 1.06 bits per heavy atom. The minimum atomic E-state index is -4.29. The average Bonchev–Trinajstić information content (AvgIpc) is 2.83. The van der Waals surface area contributed by atoms with E-state index < -0.39 is 37.1 Å². The van der Waals surface area contributed by atoms with Crippen LogP contribution >= 0.6 is 0 Å². The maximum Gasteiger partial charge on any atom is 0.289 e. The smallest absolute Gasteiger partial charge is 0.289 e. The molecule has 4 rings (SSSR count). The van der Waals surface area contributed by atoms with Crippen molar-refractivity contribution in [3.8, 4) is 0 Å². The lowest BCUT2D eigenvalue weighted by Gasteiger charge is -2.41. The van der Waals surface area contributed by atoms with Gasteiger partial charge in [0.1, 0.15) is 10.7 Å². The molecule has 35 heavy (non-hydrogen) atoms. The molecule has 10 heteroatoms. The molecule has 3 aromatic rings. The van der Waals surface area contributed by atoms with Crippen LogP contribution in [0.5, 0.6) is 0 Å². The summed E-state index contributed by atoms with van der Waals surface area (Å²) in [5.41, 5.74) is 1.53. The number of nitro benzene ring substituents is 1. The van der Waals surface area contributed by atoms with Crippen LogP contribution in [0.3, 0.4) is 0 Å². The number of aryl methyl sites for hydroxylation is 1. The molecule has 0 aromatic heterocycles. The van der Waals surface area contributed by atoms with Crippen LogP contribution in [0.25, 0.3) is 0 Å². The summed E-state index contributed by atoms with van der Waals surface area (Å²) in [6.07, 6.45) is 0. The van der Waals surface area contributed by atoms with Crippen molar-refractivity contribution in [3.63, 3.8) is 0 Å². The van der Waals surface area contributed by atoms with Gasteiger partial charge in [-0.3, -0.25) is 14.9 Å². The van der Waals surface area contributed by atoms with Crippen LogP contribution in [0.2, 0.25) is 0 Å². The number of carbonyl (C=O) groups is 1. The molecule has 0 radical (unpaired) electrons. The topological polar surface area (TPSA) is 101 Å². The van der Waals surface area contributed by atoms with Gasteiger partial charge in [0.25, 0.3) is 11.6 Å². The van der Waals surface area contributed by atoms with Crippen LogP contribution in [0.1, 0.15) is 22.8 Å². The van der Waals surface area contributed by atoms with Crippen molar-refractivity contribution >= 4 is 27.1 Å². The Hall–Kier alpha value is -3.79. The zero-order valence-corrected chi connectivity index (χ0v) is 20.0. The number of sulfone groups is 1. The van der Waals surface area contributed by atoms with E-state index in [2.05, 4.69) is 11.0 Å². The minimum Gasteiger partial charge on any atom is -0.368 e. The van der Waals surface area contributed by atoms with Crippen molar-refractivity contribution in [3.05, 3.63) is 93.8 Å². The Morgan fingerprint density at radius 3 is 2.40 bits per heavy atom. The number of anilines is 1. The summed E-state index contributed by atoms with van der Waals surface area (Å²) in [7, 11) is -4.29. The predicted octanol–water partition coefficient (Wildman–Crippen LogP) is 4.23. The Bertz CT molecular complexity index is 1390. The van der Waals surface area contributed by atoms with E-state index in [1.165, 1.54) is 6.07 Å². The van der Waals surface area contributed by atoms with Crippen LogP contribution < -0.4 is 4.90 Å². The first-order chi connectivity index (χ1) is 16.6. The lowest BCUT2D eigenvalue weighted by Crippen LogP contribution is -2.54. The molecule has 3 aromatic carbocycles. The zero-order chi connectivity index (χ0) is 25.3. The molecule has 0 saturated carbocycles. The van der Waals surface area contributed by atoms with Crippen molar-refractivity contribution in [2.45, 2.75) is 29.7 Å². The maximum atomic E-state index is 13.2. The van der Waals surface area contributed by atoms with E-state index in [9.17, 15) is 27.7 Å². The Kier molecular flexibility index (Phi) is 6.58. The van der Waals surface area contributed by atoms with Gasteiger partial charge in [-0.25, -0.2) is 12.8 Å². The maximum absolute atomic E-state index is 13.2. The molecular weight excluding hydrogens is 473 g/mol. The van der Waals surface area contributed by atoms with Crippen molar-refractivity contribution in [2.24, 2.45) is 0 Å². The predicted molar refractivity (Wildman–Crippen MR) is 129 cm³/mol. The second-order valence-electron chi connectivity index (χ2n) is 8.53. The number of amides is 1. The molecule has 1 heterocycles. The summed E-state index contributed by atoms with van der Waals surface area (Å²) in [5.74, 6) is -1.04. The highest BCUT2D eigenvalue weighted by Gasteiger charge is 2.32. The average molecular weight is 498 g/mol. The van der Waals surface area contributed by atoms with Crippen LogP contribution in [-0.2, 0) is 9.84 Å². The molecular formula is C25H24FN3O5S. The molecule has 1 atom stereocenters. The van der Waals surface area contributed by atoms with Gasteiger partial charge < -0.3 is 9.80 Å². The third kappa shape index (κ3) is 4.88. The molecule has 0 aliphatic carbocycles. The number of rotatable bonds is 5. The first kappa shape index (κ1) is 24.3. The first-order valence-electron chi connectivity index (χ1n) is 11.0. The molecule has 1 aliphatic heterocycles. The minimum absolute atomic E-state index is 0.0330. The quantitative estimate of drug-likeness (QED) is 0.297. The third-order valence-electron chi connectivity index (χ3n) is 6.07. The van der Waals surface area contributed by atoms with Crippen LogP contribution in [0.15, 0.2) is 76.5 Å². The van der Waals surface area contributed by atoms with E-state index in [1.807, 2.05) is 32.0 Å². The molecule has 0 bridgehead atoms. The number of benzene rings is 3. The number of piperazine rings is 1. The Balaban J connectivity index is 1.60. The van der Waals surface area contributed by atoms with E-state index in [0.717, 1.165) is 47.6 Å². The lowest BCUT2D eigenvalue weighted by atomic mass is 10.1. The fraction of sp³-hybridized carbons (Fsp3) is 0.240. The summed E-state index contributed by atoms with van der Waals surface area (Å²) >= 11 is 0. The van der Waals surface area contributed by atoms with Gasteiger partial charge in [-0.1, -0.05) is 12.1 Å². The van der Waals surface area contributed by atoms with Crippen LogP contribution in [0.4, 0.5) is 15.8 Å². The fourth-order valence-corrected chi connectivity index (χ4v) is 5.65. The first-order valence-corrected chi connectivity index (χ1v) is 12.5. The highest BCUT2D eigenvalue weighted by Crippen LogP contribution is 2.31. The zero-order valence-electron chi connectivity index (χ0n) is 19.2. The summed E-state index contributed by atoms with van der Waals surface area (Å²) in [5, 5.41) is 11.7. The summed E-state index contributed by atoms with van der Waals surface area (Å²) in [6, 6.07) is 15.3. The summed E-state index contributed by atoms with van der Waals surface area (Å²) in [6.45, 7) is 5.52. The molecule has 1 saturated heterocycles. The normalized spacial score (nSPS) is 16.3. The fourth-order valence-electron chi connectivity index (χ4n) is 4.25. The van der Waals surface area contributed by atoms with Crippen molar-refractivity contribution in [2.75, 3.05) is 24.5 Å². The molecule has 182 valence electrons. The molecule has 1 amide bonds. The van der Waals surface area contributed by atoms with E-state index in [4.69, 9.17) is 0 Å². The molecule has 0 N–H and O–H groups in total. The number of hydrogen-bond acceptors (Lipinski definition) is 6. The van der Waals surface area contributed by atoms with Gasteiger partial charge in [-0.15, -0.1) is 0 Å². The van der Waals surface area contributed by atoms with Gasteiger partial charge in [0, 0.05) is 43.0 Å². The summed E-state index contributed by atoms with van der Waals surface area (Å²) < 4.78 is 39.2. The monoisotopic (exact) mass is 497 g/mol. The van der Waals surface area contributed by atoms with E-state index in [-0.39, 0.29) is 16.5 Å². The van der Waals surface area contributed by atoms with Gasteiger partial charge in [0.15, 0.2) is 0 Å². The number of nitrogens with zero attached hydrogens (tertiary/aromatic N) is 3. The molecule has 1 fully saturated rings.